The fourth-order valence-corrected chi connectivity index (χ4v) is 7.06. The van der Waals surface area contributed by atoms with E-state index >= 15 is 0 Å². The molecule has 0 amide bonds. The molecule has 8 aromatic rings. The van der Waals surface area contributed by atoms with E-state index in [1.807, 2.05) is 4.57 Å². The molecule has 7 nitrogen and oxygen atoms in total. The first kappa shape index (κ1) is 31.4. The van der Waals surface area contributed by atoms with E-state index in [1.54, 1.807) is 89.5 Å². The average molecular weight is 678 g/mol. The molecule has 0 N–H and O–H groups in total. The van der Waals surface area contributed by atoms with Gasteiger partial charge in [-0.2, -0.15) is 18.4 Å². The molecule has 242 valence electrons. The van der Waals surface area contributed by atoms with Crippen LogP contribution in [0.1, 0.15) is 11.1 Å². The number of hydrogen-bond donors (Lipinski definition) is 0. The van der Waals surface area contributed by atoms with Gasteiger partial charge in [-0.25, -0.2) is 19.4 Å². The van der Waals surface area contributed by atoms with Gasteiger partial charge in [0.2, 0.25) is 5.69 Å². The zero-order valence-corrected chi connectivity index (χ0v) is 26.7. The Bertz CT molecular complexity index is 2930. The minimum atomic E-state index is -4.72. The maximum absolute atomic E-state index is 14.7. The Labute approximate surface area is 294 Å². The smallest absolute Gasteiger partial charge is 0.319 e. The fourth-order valence-electron chi connectivity index (χ4n) is 7.06. The molecule has 0 saturated carbocycles. The number of benzene rings is 6. The summed E-state index contributed by atoms with van der Waals surface area (Å²) in [5.41, 5.74) is 3.47. The third-order valence-electron chi connectivity index (χ3n) is 9.23. The van der Waals surface area contributed by atoms with Gasteiger partial charge >= 0.3 is 6.18 Å². The van der Waals surface area contributed by atoms with E-state index in [-0.39, 0.29) is 22.5 Å². The van der Waals surface area contributed by atoms with Crippen LogP contribution in [0.5, 0.6) is 0 Å². The molecule has 0 fully saturated rings. The third kappa shape index (κ3) is 4.63. The monoisotopic (exact) mass is 677 g/mol. The fraction of sp³-hybridized carbons (Fsp3) is 0.0238. The molecule has 0 spiro atoms. The van der Waals surface area contributed by atoms with Gasteiger partial charge in [0, 0.05) is 5.39 Å². The maximum atomic E-state index is 14.7. The van der Waals surface area contributed by atoms with Gasteiger partial charge < -0.3 is 9.13 Å². The highest BCUT2D eigenvalue weighted by atomic mass is 19.4. The van der Waals surface area contributed by atoms with Crippen LogP contribution in [0.25, 0.3) is 85.5 Å². The number of aromatic nitrogens is 2. The summed E-state index contributed by atoms with van der Waals surface area (Å²) in [7, 11) is 0. The van der Waals surface area contributed by atoms with Crippen molar-refractivity contribution in [2.24, 2.45) is 0 Å². The van der Waals surface area contributed by atoms with E-state index in [9.17, 15) is 18.4 Å². The lowest BCUT2D eigenvalue weighted by atomic mass is 9.96. The van der Waals surface area contributed by atoms with Gasteiger partial charge in [-0.05, 0) is 94.0 Å². The van der Waals surface area contributed by atoms with E-state index in [0.717, 1.165) is 6.07 Å². The van der Waals surface area contributed by atoms with Gasteiger partial charge in [-0.1, -0.05) is 42.5 Å². The Balaban J connectivity index is 1.59. The summed E-state index contributed by atoms with van der Waals surface area (Å²) in [4.78, 5) is 14.8. The zero-order valence-electron chi connectivity index (χ0n) is 26.7. The van der Waals surface area contributed by atoms with Crippen molar-refractivity contribution in [2.45, 2.75) is 6.18 Å². The van der Waals surface area contributed by atoms with Gasteiger partial charge in [0.1, 0.15) is 0 Å². The first-order chi connectivity index (χ1) is 25.2. The molecule has 8 rings (SSSR count). The number of halogens is 3. The van der Waals surface area contributed by atoms with Crippen molar-refractivity contribution in [1.82, 2.24) is 9.13 Å². The number of hydrogen-bond acceptors (Lipinski definition) is 1. The van der Waals surface area contributed by atoms with Crippen molar-refractivity contribution in [3.63, 3.8) is 0 Å². The van der Waals surface area contributed by atoms with Crippen LogP contribution in [0, 0.1) is 37.6 Å². The summed E-state index contributed by atoms with van der Waals surface area (Å²) in [6.45, 7) is 31.6. The summed E-state index contributed by atoms with van der Waals surface area (Å²) in [6.07, 6.45) is -4.72. The standard InChI is InChI=1S/C42H18F3N7/c1-47-25-10-15-36-31(20-25)30-19-24(23-46)9-14-35(30)51(36)39-18-13-29(28-7-5-6-8-34(28)42(43,44)45)41(40(39)50-4)52-37-16-11-26(48-2)21-32(37)33-22-27(49-3)12-17-38(33)52/h5-22H. The van der Waals surface area contributed by atoms with E-state index in [0.29, 0.717) is 71.9 Å². The topological polar surface area (TPSA) is 51.1 Å². The maximum Gasteiger partial charge on any atom is 0.417 e. The summed E-state index contributed by atoms with van der Waals surface area (Å²) in [5, 5.41) is 12.2. The molecule has 0 unspecified atom stereocenters. The predicted octanol–water partition coefficient (Wildman–Crippen LogP) is 12.6. The summed E-state index contributed by atoms with van der Waals surface area (Å²) in [6, 6.07) is 30.8. The molecule has 0 atom stereocenters. The molecule has 0 aliphatic heterocycles. The second kappa shape index (κ2) is 11.6. The third-order valence-corrected chi connectivity index (χ3v) is 9.23. The molecule has 0 saturated heterocycles. The zero-order chi connectivity index (χ0) is 36.3. The molecule has 6 aromatic carbocycles. The van der Waals surface area contributed by atoms with Crippen LogP contribution in [0.3, 0.4) is 0 Å². The largest absolute Gasteiger partial charge is 0.417 e. The second-order valence-electron chi connectivity index (χ2n) is 11.9. The average Bonchev–Trinajstić information content (AvgIpc) is 3.67. The Morgan fingerprint density at radius 1 is 0.538 bits per heavy atom. The Kier molecular flexibility index (Phi) is 7.04. The van der Waals surface area contributed by atoms with Crippen LogP contribution >= 0.6 is 0 Å². The molecule has 0 radical (unpaired) electrons. The quantitative estimate of drug-likeness (QED) is 0.172. The van der Waals surface area contributed by atoms with Crippen molar-refractivity contribution in [3.8, 4) is 28.6 Å². The van der Waals surface area contributed by atoms with Crippen molar-refractivity contribution in [2.75, 3.05) is 0 Å². The lowest BCUT2D eigenvalue weighted by molar-refractivity contribution is -0.137. The van der Waals surface area contributed by atoms with E-state index in [4.69, 9.17) is 26.3 Å². The number of alkyl halides is 3. The van der Waals surface area contributed by atoms with Gasteiger partial charge in [0.25, 0.3) is 0 Å². The molecule has 0 aliphatic carbocycles. The van der Waals surface area contributed by atoms with E-state index in [1.165, 1.54) is 18.2 Å². The first-order valence-corrected chi connectivity index (χ1v) is 15.6. The highest BCUT2D eigenvalue weighted by Gasteiger charge is 2.35. The lowest BCUT2D eigenvalue weighted by Gasteiger charge is -2.22. The summed E-state index contributed by atoms with van der Waals surface area (Å²) >= 11 is 0. The van der Waals surface area contributed by atoms with Crippen molar-refractivity contribution in [1.29, 1.82) is 5.26 Å². The molecule has 0 bridgehead atoms. The summed E-state index contributed by atoms with van der Waals surface area (Å²) < 4.78 is 47.6. The highest BCUT2D eigenvalue weighted by Crippen LogP contribution is 2.48. The van der Waals surface area contributed by atoms with Crippen molar-refractivity contribution >= 4 is 66.4 Å². The highest BCUT2D eigenvalue weighted by molar-refractivity contribution is 6.14. The SMILES string of the molecule is [C-]#[N+]c1ccc2c(c1)c1cc(C#N)ccc1n2-c1ccc(-c2ccccc2C(F)(F)F)c(-n2c3ccc([N+]#[C-])cc3c3cc([N+]#[C-])ccc32)c1[N+]#[C-]. The molecule has 2 heterocycles. The molecule has 2 aromatic heterocycles. The van der Waals surface area contributed by atoms with Crippen LogP contribution in [0.15, 0.2) is 109 Å². The lowest BCUT2D eigenvalue weighted by Crippen LogP contribution is -2.09. The first-order valence-electron chi connectivity index (χ1n) is 15.6. The van der Waals surface area contributed by atoms with Crippen LogP contribution in [0.4, 0.5) is 35.9 Å². The number of nitriles is 1. The van der Waals surface area contributed by atoms with Crippen molar-refractivity contribution in [3.05, 3.63) is 166 Å². The Morgan fingerprint density at radius 2 is 1.04 bits per heavy atom. The second-order valence-corrected chi connectivity index (χ2v) is 11.9. The normalized spacial score (nSPS) is 11.3. The van der Waals surface area contributed by atoms with Gasteiger partial charge in [-0.3, -0.25) is 0 Å². The van der Waals surface area contributed by atoms with Gasteiger partial charge in [0.15, 0.2) is 17.1 Å². The Morgan fingerprint density at radius 3 is 1.54 bits per heavy atom. The molecular formula is C42H18F3N7. The van der Waals surface area contributed by atoms with Gasteiger partial charge in [-0.15, -0.1) is 0 Å². The number of rotatable bonds is 3. The van der Waals surface area contributed by atoms with Crippen molar-refractivity contribution < 1.29 is 13.2 Å². The van der Waals surface area contributed by atoms with Crippen LogP contribution < -0.4 is 0 Å². The number of fused-ring (bicyclic) bond motifs is 6. The predicted molar refractivity (Wildman–Crippen MR) is 195 cm³/mol. The van der Waals surface area contributed by atoms with Crippen LogP contribution in [-0.2, 0) is 6.18 Å². The van der Waals surface area contributed by atoms with E-state index < -0.39 is 11.7 Å². The molecular weight excluding hydrogens is 660 g/mol. The minimum Gasteiger partial charge on any atom is -0.319 e. The Hall–Kier alpha value is -7.84. The molecule has 0 aliphatic rings. The minimum absolute atomic E-state index is 0.0363. The summed E-state index contributed by atoms with van der Waals surface area (Å²) in [5.74, 6) is 0. The van der Waals surface area contributed by atoms with Gasteiger partial charge in [0.05, 0.1) is 76.9 Å². The molecule has 52 heavy (non-hydrogen) atoms. The molecule has 10 heteroatoms. The van der Waals surface area contributed by atoms with Crippen LogP contribution in [-0.4, -0.2) is 9.13 Å². The van der Waals surface area contributed by atoms with Crippen LogP contribution in [0.2, 0.25) is 0 Å². The van der Waals surface area contributed by atoms with E-state index in [2.05, 4.69) is 25.4 Å². The number of nitrogens with zero attached hydrogens (tertiary/aromatic N) is 7.